The highest BCUT2D eigenvalue weighted by Gasteiger charge is 2.45. The van der Waals surface area contributed by atoms with Gasteiger partial charge in [-0.1, -0.05) is 30.3 Å². The van der Waals surface area contributed by atoms with Gasteiger partial charge in [-0.05, 0) is 25.3 Å². The number of nitrogens with zero attached hydrogens (tertiary/aromatic N) is 2. The standard InChI is InChI=1S/C17H17N3O4/c21-14(18-17(16(23)24)9-4-10-17)11-20-15(22)8-7-13(19-20)12-5-2-1-3-6-12/h1-3,5-8H,4,9-11H2,(H,18,21)(H,23,24). The minimum absolute atomic E-state index is 0.311. The van der Waals surface area contributed by atoms with Crippen molar-refractivity contribution in [2.45, 2.75) is 31.3 Å². The molecule has 0 saturated heterocycles. The van der Waals surface area contributed by atoms with E-state index >= 15 is 0 Å². The summed E-state index contributed by atoms with van der Waals surface area (Å²) >= 11 is 0. The Labute approximate surface area is 137 Å². The zero-order valence-electron chi connectivity index (χ0n) is 12.9. The van der Waals surface area contributed by atoms with Gasteiger partial charge in [0, 0.05) is 11.6 Å². The van der Waals surface area contributed by atoms with Gasteiger partial charge >= 0.3 is 5.97 Å². The van der Waals surface area contributed by atoms with Crippen molar-refractivity contribution in [3.8, 4) is 11.3 Å². The minimum atomic E-state index is -1.20. The van der Waals surface area contributed by atoms with E-state index in [1.807, 2.05) is 30.3 Å². The number of hydrogen-bond donors (Lipinski definition) is 2. The van der Waals surface area contributed by atoms with Crippen LogP contribution in [0.5, 0.6) is 0 Å². The summed E-state index contributed by atoms with van der Waals surface area (Å²) in [4.78, 5) is 35.4. The average molecular weight is 327 g/mol. The van der Waals surface area contributed by atoms with Gasteiger partial charge in [-0.15, -0.1) is 0 Å². The molecule has 1 fully saturated rings. The Hall–Kier alpha value is -2.96. The van der Waals surface area contributed by atoms with Gasteiger partial charge < -0.3 is 10.4 Å². The molecule has 2 aromatic rings. The second-order valence-electron chi connectivity index (χ2n) is 5.87. The SMILES string of the molecule is O=C(Cn1nc(-c2ccccc2)ccc1=O)NC1(C(=O)O)CCC1. The largest absolute Gasteiger partial charge is 0.480 e. The highest BCUT2D eigenvalue weighted by molar-refractivity contribution is 5.87. The highest BCUT2D eigenvalue weighted by Crippen LogP contribution is 2.31. The number of carbonyl (C=O) groups is 2. The van der Waals surface area contributed by atoms with Crippen molar-refractivity contribution in [2.75, 3.05) is 0 Å². The molecule has 1 aliphatic carbocycles. The molecule has 0 unspecified atom stereocenters. The molecule has 0 radical (unpaired) electrons. The maximum atomic E-state index is 12.2. The van der Waals surface area contributed by atoms with Crippen LogP contribution in [0.3, 0.4) is 0 Å². The lowest BCUT2D eigenvalue weighted by Gasteiger charge is -2.38. The number of carboxylic acid groups (broad SMARTS) is 1. The molecule has 7 nitrogen and oxygen atoms in total. The van der Waals surface area contributed by atoms with Crippen molar-refractivity contribution in [1.29, 1.82) is 0 Å². The van der Waals surface area contributed by atoms with Crippen LogP contribution in [0.15, 0.2) is 47.3 Å². The second kappa shape index (κ2) is 6.27. The minimum Gasteiger partial charge on any atom is -0.480 e. The van der Waals surface area contributed by atoms with E-state index in [-0.39, 0.29) is 6.54 Å². The van der Waals surface area contributed by atoms with Gasteiger partial charge in [0.25, 0.3) is 5.56 Å². The molecule has 24 heavy (non-hydrogen) atoms. The van der Waals surface area contributed by atoms with Gasteiger partial charge in [0.2, 0.25) is 5.91 Å². The maximum absolute atomic E-state index is 12.2. The number of carbonyl (C=O) groups excluding carboxylic acids is 1. The van der Waals surface area contributed by atoms with E-state index in [2.05, 4.69) is 10.4 Å². The Balaban J connectivity index is 1.79. The van der Waals surface area contributed by atoms with Crippen LogP contribution < -0.4 is 10.9 Å². The predicted octanol–water partition coefficient (Wildman–Crippen LogP) is 1.03. The first-order chi connectivity index (χ1) is 11.5. The first-order valence-electron chi connectivity index (χ1n) is 7.68. The lowest BCUT2D eigenvalue weighted by atomic mass is 9.77. The van der Waals surface area contributed by atoms with E-state index in [1.165, 1.54) is 6.07 Å². The van der Waals surface area contributed by atoms with Gasteiger partial charge in [-0.25, -0.2) is 9.48 Å². The Bertz CT molecular complexity index is 825. The molecular weight excluding hydrogens is 310 g/mol. The summed E-state index contributed by atoms with van der Waals surface area (Å²) < 4.78 is 1.05. The molecule has 0 aliphatic heterocycles. The van der Waals surface area contributed by atoms with Crippen molar-refractivity contribution >= 4 is 11.9 Å². The molecule has 0 spiro atoms. The zero-order chi connectivity index (χ0) is 17.2. The third-order valence-electron chi connectivity index (χ3n) is 4.22. The summed E-state index contributed by atoms with van der Waals surface area (Å²) in [5.74, 6) is -1.57. The van der Waals surface area contributed by atoms with Gasteiger partial charge in [0.05, 0.1) is 5.69 Å². The Kier molecular flexibility index (Phi) is 4.16. The molecular formula is C17H17N3O4. The second-order valence-corrected chi connectivity index (χ2v) is 5.87. The average Bonchev–Trinajstić information content (AvgIpc) is 2.53. The number of amides is 1. The third-order valence-corrected chi connectivity index (χ3v) is 4.22. The lowest BCUT2D eigenvalue weighted by Crippen LogP contribution is -2.59. The van der Waals surface area contributed by atoms with Crippen LogP contribution in [0.1, 0.15) is 19.3 Å². The third kappa shape index (κ3) is 3.05. The molecule has 1 aromatic heterocycles. The summed E-state index contributed by atoms with van der Waals surface area (Å²) in [5, 5.41) is 16.0. The van der Waals surface area contributed by atoms with Crippen LogP contribution >= 0.6 is 0 Å². The molecule has 0 bridgehead atoms. The van der Waals surface area contributed by atoms with Crippen molar-refractivity contribution in [3.05, 3.63) is 52.8 Å². The number of aromatic nitrogens is 2. The first kappa shape index (κ1) is 15.9. The number of aliphatic carboxylic acids is 1. The van der Waals surface area contributed by atoms with Crippen LogP contribution in [0, 0.1) is 0 Å². The quantitative estimate of drug-likeness (QED) is 0.854. The van der Waals surface area contributed by atoms with Crippen molar-refractivity contribution in [2.24, 2.45) is 0 Å². The number of benzene rings is 1. The normalized spacial score (nSPS) is 15.3. The zero-order valence-corrected chi connectivity index (χ0v) is 12.9. The number of rotatable bonds is 5. The maximum Gasteiger partial charge on any atom is 0.329 e. The lowest BCUT2D eigenvalue weighted by molar-refractivity contribution is -0.151. The fraction of sp³-hybridized carbons (Fsp3) is 0.294. The smallest absolute Gasteiger partial charge is 0.329 e. The van der Waals surface area contributed by atoms with Crippen LogP contribution in [-0.4, -0.2) is 32.3 Å². The molecule has 124 valence electrons. The van der Waals surface area contributed by atoms with Crippen molar-refractivity contribution in [1.82, 2.24) is 15.1 Å². The van der Waals surface area contributed by atoms with E-state index in [0.717, 1.165) is 16.7 Å². The van der Waals surface area contributed by atoms with E-state index < -0.39 is 23.0 Å². The summed E-state index contributed by atoms with van der Waals surface area (Å²) in [7, 11) is 0. The molecule has 0 atom stereocenters. The van der Waals surface area contributed by atoms with Crippen molar-refractivity contribution in [3.63, 3.8) is 0 Å². The summed E-state index contributed by atoms with van der Waals surface area (Å²) in [5.41, 5.74) is -0.215. The van der Waals surface area contributed by atoms with E-state index in [4.69, 9.17) is 0 Å². The van der Waals surface area contributed by atoms with Crippen LogP contribution in [0.2, 0.25) is 0 Å². The first-order valence-corrected chi connectivity index (χ1v) is 7.68. The molecule has 2 N–H and O–H groups in total. The van der Waals surface area contributed by atoms with Crippen LogP contribution in [-0.2, 0) is 16.1 Å². The fourth-order valence-corrected chi connectivity index (χ4v) is 2.69. The van der Waals surface area contributed by atoms with Gasteiger partial charge in [0.15, 0.2) is 0 Å². The fourth-order valence-electron chi connectivity index (χ4n) is 2.69. The van der Waals surface area contributed by atoms with Crippen LogP contribution in [0.4, 0.5) is 0 Å². The Morgan fingerprint density at radius 1 is 1.17 bits per heavy atom. The Morgan fingerprint density at radius 2 is 1.88 bits per heavy atom. The van der Waals surface area contributed by atoms with Crippen molar-refractivity contribution < 1.29 is 14.7 Å². The molecule has 7 heteroatoms. The summed E-state index contributed by atoms with van der Waals surface area (Å²) in [6, 6.07) is 12.2. The van der Waals surface area contributed by atoms with Gasteiger partial charge in [0.1, 0.15) is 12.1 Å². The number of carboxylic acids is 1. The number of hydrogen-bond acceptors (Lipinski definition) is 4. The Morgan fingerprint density at radius 3 is 2.46 bits per heavy atom. The molecule has 1 aliphatic rings. The predicted molar refractivity (Wildman–Crippen MR) is 86.3 cm³/mol. The number of nitrogens with one attached hydrogen (secondary N) is 1. The molecule has 3 rings (SSSR count). The molecule has 1 amide bonds. The van der Waals surface area contributed by atoms with Gasteiger partial charge in [-0.3, -0.25) is 9.59 Å². The molecule has 1 aromatic carbocycles. The molecule has 1 heterocycles. The van der Waals surface area contributed by atoms with Crippen LogP contribution in [0.25, 0.3) is 11.3 Å². The summed E-state index contributed by atoms with van der Waals surface area (Å²) in [6.07, 6.45) is 1.56. The topological polar surface area (TPSA) is 101 Å². The van der Waals surface area contributed by atoms with E-state index in [9.17, 15) is 19.5 Å². The highest BCUT2D eigenvalue weighted by atomic mass is 16.4. The van der Waals surface area contributed by atoms with Gasteiger partial charge in [-0.2, -0.15) is 5.10 Å². The van der Waals surface area contributed by atoms with E-state index in [1.54, 1.807) is 6.07 Å². The molecule has 1 saturated carbocycles. The monoisotopic (exact) mass is 327 g/mol. The summed E-state index contributed by atoms with van der Waals surface area (Å²) in [6.45, 7) is -0.311. The van der Waals surface area contributed by atoms with E-state index in [0.29, 0.717) is 18.5 Å².